The molecule has 3 heteroatoms. The fourth-order valence-electron chi connectivity index (χ4n) is 2.44. The molecule has 1 aliphatic rings. The molecule has 0 bridgehead atoms. The minimum atomic E-state index is -0.166. The first-order valence-electron chi connectivity index (χ1n) is 5.79. The van der Waals surface area contributed by atoms with Crippen LogP contribution >= 0.6 is 0 Å². The van der Waals surface area contributed by atoms with Gasteiger partial charge in [0, 0.05) is 19.1 Å². The molecule has 1 aromatic rings. The Balaban J connectivity index is 2.16. The Morgan fingerprint density at radius 2 is 2.38 bits per heavy atom. The standard InChI is InChI=1S/C13H18FNO/c1-16-9-11-5-3-7-15-13(11)10-4-2-6-12(14)8-10/h2,4,6,8,11,13,15H,3,5,7,9H2,1H3. The maximum atomic E-state index is 13.2. The zero-order chi connectivity index (χ0) is 11.4. The number of halogens is 1. The number of piperidine rings is 1. The monoisotopic (exact) mass is 223 g/mol. The fourth-order valence-corrected chi connectivity index (χ4v) is 2.44. The molecule has 1 aliphatic heterocycles. The van der Waals surface area contributed by atoms with E-state index in [1.807, 2.05) is 6.07 Å². The topological polar surface area (TPSA) is 21.3 Å². The second-order valence-electron chi connectivity index (χ2n) is 4.34. The third kappa shape index (κ3) is 2.60. The first kappa shape index (κ1) is 11.6. The van der Waals surface area contributed by atoms with Crippen molar-refractivity contribution in [2.75, 3.05) is 20.3 Å². The Labute approximate surface area is 95.8 Å². The molecule has 1 aromatic carbocycles. The highest BCUT2D eigenvalue weighted by molar-refractivity contribution is 5.21. The molecule has 1 fully saturated rings. The molecule has 1 saturated heterocycles. The van der Waals surface area contributed by atoms with Crippen LogP contribution in [-0.2, 0) is 4.74 Å². The summed E-state index contributed by atoms with van der Waals surface area (Å²) in [6.07, 6.45) is 2.31. The molecular formula is C13H18FNO. The molecule has 0 amide bonds. The van der Waals surface area contributed by atoms with E-state index in [2.05, 4.69) is 5.32 Å². The molecule has 1 heterocycles. The second-order valence-corrected chi connectivity index (χ2v) is 4.34. The van der Waals surface area contributed by atoms with E-state index < -0.39 is 0 Å². The molecule has 0 saturated carbocycles. The lowest BCUT2D eigenvalue weighted by Gasteiger charge is -2.32. The van der Waals surface area contributed by atoms with Crippen molar-refractivity contribution < 1.29 is 9.13 Å². The summed E-state index contributed by atoms with van der Waals surface area (Å²) in [4.78, 5) is 0. The van der Waals surface area contributed by atoms with Crippen molar-refractivity contribution >= 4 is 0 Å². The molecule has 0 spiro atoms. The summed E-state index contributed by atoms with van der Waals surface area (Å²) >= 11 is 0. The minimum absolute atomic E-state index is 0.166. The van der Waals surface area contributed by atoms with Gasteiger partial charge in [-0.05, 0) is 37.1 Å². The molecular weight excluding hydrogens is 205 g/mol. The Bertz CT molecular complexity index is 340. The van der Waals surface area contributed by atoms with Crippen LogP contribution in [-0.4, -0.2) is 20.3 Å². The van der Waals surface area contributed by atoms with Crippen molar-refractivity contribution in [2.45, 2.75) is 18.9 Å². The SMILES string of the molecule is COCC1CCCNC1c1cccc(F)c1. The highest BCUT2D eigenvalue weighted by atomic mass is 19.1. The van der Waals surface area contributed by atoms with E-state index >= 15 is 0 Å². The van der Waals surface area contributed by atoms with Crippen molar-refractivity contribution in [1.29, 1.82) is 0 Å². The zero-order valence-electron chi connectivity index (χ0n) is 9.58. The van der Waals surface area contributed by atoms with E-state index in [1.54, 1.807) is 19.2 Å². The summed E-state index contributed by atoms with van der Waals surface area (Å²) in [7, 11) is 1.72. The van der Waals surface area contributed by atoms with Gasteiger partial charge in [-0.25, -0.2) is 4.39 Å². The van der Waals surface area contributed by atoms with E-state index in [0.717, 1.165) is 25.1 Å². The lowest BCUT2D eigenvalue weighted by molar-refractivity contribution is 0.112. The molecule has 2 nitrogen and oxygen atoms in total. The first-order chi connectivity index (χ1) is 7.81. The van der Waals surface area contributed by atoms with Crippen molar-refractivity contribution in [3.8, 4) is 0 Å². The number of rotatable bonds is 3. The molecule has 16 heavy (non-hydrogen) atoms. The number of nitrogens with one attached hydrogen (secondary N) is 1. The lowest BCUT2D eigenvalue weighted by atomic mass is 9.87. The number of methoxy groups -OCH3 is 1. The first-order valence-corrected chi connectivity index (χ1v) is 5.79. The molecule has 88 valence electrons. The van der Waals surface area contributed by atoms with E-state index in [-0.39, 0.29) is 11.9 Å². The molecule has 2 unspecified atom stereocenters. The average molecular weight is 223 g/mol. The van der Waals surface area contributed by atoms with Crippen LogP contribution in [0.25, 0.3) is 0 Å². The number of benzene rings is 1. The van der Waals surface area contributed by atoms with Crippen molar-refractivity contribution in [1.82, 2.24) is 5.32 Å². The number of hydrogen-bond donors (Lipinski definition) is 1. The van der Waals surface area contributed by atoms with Crippen LogP contribution in [0.2, 0.25) is 0 Å². The van der Waals surface area contributed by atoms with Crippen molar-refractivity contribution in [3.05, 3.63) is 35.6 Å². The molecule has 0 aliphatic carbocycles. The summed E-state index contributed by atoms with van der Waals surface area (Å²) in [5, 5.41) is 3.45. The van der Waals surface area contributed by atoms with Crippen LogP contribution in [0.5, 0.6) is 0 Å². The van der Waals surface area contributed by atoms with Crippen molar-refractivity contribution in [2.24, 2.45) is 5.92 Å². The van der Waals surface area contributed by atoms with E-state index in [0.29, 0.717) is 5.92 Å². The van der Waals surface area contributed by atoms with Gasteiger partial charge in [0.05, 0.1) is 6.61 Å². The van der Waals surface area contributed by atoms with Gasteiger partial charge in [0.2, 0.25) is 0 Å². The summed E-state index contributed by atoms with van der Waals surface area (Å²) in [6, 6.07) is 7.08. The third-order valence-electron chi connectivity index (χ3n) is 3.18. The predicted molar refractivity (Wildman–Crippen MR) is 61.7 cm³/mol. The Morgan fingerprint density at radius 1 is 1.50 bits per heavy atom. The smallest absolute Gasteiger partial charge is 0.123 e. The summed E-state index contributed by atoms with van der Waals surface area (Å²) in [5.74, 6) is 0.279. The second kappa shape index (κ2) is 5.41. The van der Waals surface area contributed by atoms with Gasteiger partial charge in [-0.15, -0.1) is 0 Å². The van der Waals surface area contributed by atoms with Gasteiger partial charge in [-0.3, -0.25) is 0 Å². The van der Waals surface area contributed by atoms with E-state index in [9.17, 15) is 4.39 Å². The zero-order valence-corrected chi connectivity index (χ0v) is 9.58. The number of ether oxygens (including phenoxy) is 1. The fraction of sp³-hybridized carbons (Fsp3) is 0.538. The average Bonchev–Trinajstić information content (AvgIpc) is 2.30. The van der Waals surface area contributed by atoms with E-state index in [1.165, 1.54) is 12.5 Å². The van der Waals surface area contributed by atoms with Gasteiger partial charge < -0.3 is 10.1 Å². The maximum absolute atomic E-state index is 13.2. The Morgan fingerprint density at radius 3 is 3.12 bits per heavy atom. The van der Waals surface area contributed by atoms with Gasteiger partial charge in [-0.2, -0.15) is 0 Å². The van der Waals surface area contributed by atoms with Gasteiger partial charge >= 0.3 is 0 Å². The van der Waals surface area contributed by atoms with Gasteiger partial charge in [0.25, 0.3) is 0 Å². The Kier molecular flexibility index (Phi) is 3.91. The van der Waals surface area contributed by atoms with Gasteiger partial charge in [0.15, 0.2) is 0 Å². The van der Waals surface area contributed by atoms with Crippen LogP contribution in [0.15, 0.2) is 24.3 Å². The van der Waals surface area contributed by atoms with Crippen LogP contribution in [0.3, 0.4) is 0 Å². The predicted octanol–water partition coefficient (Wildman–Crippen LogP) is 2.51. The summed E-state index contributed by atoms with van der Waals surface area (Å²) < 4.78 is 18.4. The van der Waals surface area contributed by atoms with E-state index in [4.69, 9.17) is 4.74 Å². The maximum Gasteiger partial charge on any atom is 0.123 e. The van der Waals surface area contributed by atoms with Gasteiger partial charge in [0.1, 0.15) is 5.82 Å². The lowest BCUT2D eigenvalue weighted by Crippen LogP contribution is -2.36. The third-order valence-corrected chi connectivity index (χ3v) is 3.18. The minimum Gasteiger partial charge on any atom is -0.384 e. The Hall–Kier alpha value is -0.930. The quantitative estimate of drug-likeness (QED) is 0.850. The largest absolute Gasteiger partial charge is 0.384 e. The van der Waals surface area contributed by atoms with Gasteiger partial charge in [-0.1, -0.05) is 12.1 Å². The van der Waals surface area contributed by atoms with Crippen LogP contribution in [0, 0.1) is 11.7 Å². The molecule has 0 aromatic heterocycles. The summed E-state index contributed by atoms with van der Waals surface area (Å²) in [6.45, 7) is 1.73. The molecule has 1 N–H and O–H groups in total. The van der Waals surface area contributed by atoms with Crippen LogP contribution in [0.4, 0.5) is 4.39 Å². The molecule has 2 rings (SSSR count). The normalized spacial score (nSPS) is 25.6. The van der Waals surface area contributed by atoms with Crippen molar-refractivity contribution in [3.63, 3.8) is 0 Å². The molecule has 0 radical (unpaired) electrons. The van der Waals surface area contributed by atoms with Crippen LogP contribution < -0.4 is 5.32 Å². The highest BCUT2D eigenvalue weighted by Crippen LogP contribution is 2.29. The number of hydrogen-bond acceptors (Lipinski definition) is 2. The highest BCUT2D eigenvalue weighted by Gasteiger charge is 2.26. The summed E-state index contributed by atoms with van der Waals surface area (Å²) in [5.41, 5.74) is 1.03. The van der Waals surface area contributed by atoms with Crippen LogP contribution in [0.1, 0.15) is 24.4 Å². The molecule has 2 atom stereocenters.